The fourth-order valence-electron chi connectivity index (χ4n) is 3.62. The van der Waals surface area contributed by atoms with Crippen LogP contribution in [0.1, 0.15) is 31.4 Å². The molecule has 2 aromatic carbocycles. The number of rotatable bonds is 5. The second kappa shape index (κ2) is 6.44. The molecule has 3 rings (SSSR count). The summed E-state index contributed by atoms with van der Waals surface area (Å²) in [6.45, 7) is 7.11. The average Bonchev–Trinajstić information content (AvgIpc) is 2.80. The van der Waals surface area contributed by atoms with Gasteiger partial charge in [0.2, 0.25) is 0 Å². The number of benzene rings is 2. The van der Waals surface area contributed by atoms with Gasteiger partial charge in [-0.3, -0.25) is 0 Å². The highest BCUT2D eigenvalue weighted by molar-refractivity contribution is 5.15. The summed E-state index contributed by atoms with van der Waals surface area (Å²) in [5.74, 6) is 0. The SMILES string of the molecule is CCC1(C)CN(Cc2ccccc2)C[N+]1([O-])Cc1ccccc1. The Morgan fingerprint density at radius 2 is 1.57 bits per heavy atom. The van der Waals surface area contributed by atoms with Crippen molar-refractivity contribution in [2.45, 2.75) is 38.9 Å². The number of hydrogen-bond acceptors (Lipinski definition) is 2. The predicted octanol–water partition coefficient (Wildman–Crippen LogP) is 4.14. The van der Waals surface area contributed by atoms with Crippen LogP contribution >= 0.6 is 0 Å². The second-order valence-corrected chi connectivity index (χ2v) is 7.00. The van der Waals surface area contributed by atoms with Crippen LogP contribution in [0.5, 0.6) is 0 Å². The molecular formula is C20H26N2O. The van der Waals surface area contributed by atoms with Crippen LogP contribution in [0.3, 0.4) is 0 Å². The molecule has 0 aliphatic carbocycles. The third-order valence-corrected chi connectivity index (χ3v) is 5.27. The molecule has 1 fully saturated rings. The number of hydrogen-bond donors (Lipinski definition) is 0. The van der Waals surface area contributed by atoms with Crippen LogP contribution in [-0.2, 0) is 13.1 Å². The molecule has 0 saturated carbocycles. The van der Waals surface area contributed by atoms with Crippen LogP contribution in [0.4, 0.5) is 0 Å². The highest BCUT2D eigenvalue weighted by atomic mass is 16.6. The Morgan fingerprint density at radius 3 is 2.13 bits per heavy atom. The number of quaternary nitrogens is 1. The van der Waals surface area contributed by atoms with Crippen molar-refractivity contribution in [1.29, 1.82) is 0 Å². The lowest BCUT2D eigenvalue weighted by Gasteiger charge is -2.50. The normalized spacial score (nSPS) is 28.1. The first kappa shape index (κ1) is 16.2. The van der Waals surface area contributed by atoms with E-state index < -0.39 is 0 Å². The molecule has 1 aliphatic rings. The van der Waals surface area contributed by atoms with E-state index in [-0.39, 0.29) is 10.2 Å². The first-order chi connectivity index (χ1) is 11.0. The zero-order chi connectivity index (χ0) is 16.3. The molecule has 0 N–H and O–H groups in total. The van der Waals surface area contributed by atoms with Gasteiger partial charge in [-0.1, -0.05) is 67.6 Å². The van der Waals surface area contributed by atoms with Crippen molar-refractivity contribution in [2.75, 3.05) is 13.2 Å². The molecule has 0 spiro atoms. The Morgan fingerprint density at radius 1 is 1.00 bits per heavy atom. The molecule has 1 heterocycles. The average molecular weight is 310 g/mol. The van der Waals surface area contributed by atoms with Gasteiger partial charge in [-0.25, -0.2) is 4.90 Å². The third kappa shape index (κ3) is 3.32. The van der Waals surface area contributed by atoms with Gasteiger partial charge in [0, 0.05) is 18.5 Å². The minimum atomic E-state index is -0.245. The molecule has 1 saturated heterocycles. The topological polar surface area (TPSA) is 26.3 Å². The summed E-state index contributed by atoms with van der Waals surface area (Å²) in [6.07, 6.45) is 0.897. The lowest BCUT2D eigenvalue weighted by Crippen LogP contribution is -2.55. The summed E-state index contributed by atoms with van der Waals surface area (Å²) >= 11 is 0. The summed E-state index contributed by atoms with van der Waals surface area (Å²) < 4.78 is -0.152. The van der Waals surface area contributed by atoms with Crippen LogP contribution in [0, 0.1) is 5.21 Å². The van der Waals surface area contributed by atoms with Gasteiger partial charge in [0.05, 0.1) is 6.54 Å². The van der Waals surface area contributed by atoms with Gasteiger partial charge in [-0.2, -0.15) is 0 Å². The maximum Gasteiger partial charge on any atom is 0.136 e. The molecule has 2 aromatic rings. The molecule has 3 nitrogen and oxygen atoms in total. The highest BCUT2D eigenvalue weighted by Crippen LogP contribution is 2.37. The molecule has 0 amide bonds. The van der Waals surface area contributed by atoms with Gasteiger partial charge in [0.15, 0.2) is 0 Å². The number of hydroxylamine groups is 3. The van der Waals surface area contributed by atoms with Gasteiger partial charge in [0.25, 0.3) is 0 Å². The van der Waals surface area contributed by atoms with E-state index in [0.29, 0.717) is 13.2 Å². The Hall–Kier alpha value is -1.68. The van der Waals surface area contributed by atoms with Gasteiger partial charge in [0.1, 0.15) is 18.8 Å². The van der Waals surface area contributed by atoms with Crippen LogP contribution in [0.15, 0.2) is 60.7 Å². The van der Waals surface area contributed by atoms with Crippen LogP contribution in [0.2, 0.25) is 0 Å². The van der Waals surface area contributed by atoms with E-state index in [0.717, 1.165) is 25.1 Å². The monoisotopic (exact) mass is 310 g/mol. The van der Waals surface area contributed by atoms with Crippen LogP contribution in [0.25, 0.3) is 0 Å². The summed E-state index contributed by atoms with van der Waals surface area (Å²) in [7, 11) is 0. The first-order valence-electron chi connectivity index (χ1n) is 8.43. The minimum absolute atomic E-state index is 0.152. The second-order valence-electron chi connectivity index (χ2n) is 7.00. The lowest BCUT2D eigenvalue weighted by atomic mass is 9.96. The van der Waals surface area contributed by atoms with Crippen LogP contribution in [-0.4, -0.2) is 28.3 Å². The summed E-state index contributed by atoms with van der Waals surface area (Å²) in [5, 5.41) is 13.7. The molecule has 0 bridgehead atoms. The molecule has 3 heteroatoms. The van der Waals surface area contributed by atoms with E-state index in [2.05, 4.69) is 55.1 Å². The molecule has 2 unspecified atom stereocenters. The van der Waals surface area contributed by atoms with Crippen molar-refractivity contribution >= 4 is 0 Å². The van der Waals surface area contributed by atoms with E-state index >= 15 is 0 Å². The zero-order valence-electron chi connectivity index (χ0n) is 14.1. The quantitative estimate of drug-likeness (QED) is 0.613. The summed E-state index contributed by atoms with van der Waals surface area (Å²) in [4.78, 5) is 2.31. The van der Waals surface area contributed by atoms with E-state index in [1.807, 2.05) is 24.3 Å². The van der Waals surface area contributed by atoms with Gasteiger partial charge in [-0.15, -0.1) is 0 Å². The molecule has 2 atom stereocenters. The van der Waals surface area contributed by atoms with Crippen molar-refractivity contribution in [2.24, 2.45) is 0 Å². The standard InChI is InChI=1S/C20H26N2O/c1-3-20(2)16-21(14-18-10-6-4-7-11-18)17-22(20,23)15-19-12-8-5-9-13-19/h4-13H,3,14-17H2,1-2H3. The minimum Gasteiger partial charge on any atom is -0.631 e. The van der Waals surface area contributed by atoms with E-state index in [1.165, 1.54) is 5.56 Å². The fourth-order valence-corrected chi connectivity index (χ4v) is 3.62. The summed E-state index contributed by atoms with van der Waals surface area (Å²) in [6, 6.07) is 20.6. The van der Waals surface area contributed by atoms with Crippen molar-refractivity contribution in [1.82, 2.24) is 4.90 Å². The van der Waals surface area contributed by atoms with Gasteiger partial charge < -0.3 is 9.85 Å². The predicted molar refractivity (Wildman–Crippen MR) is 94.2 cm³/mol. The zero-order valence-corrected chi connectivity index (χ0v) is 14.1. The van der Waals surface area contributed by atoms with Gasteiger partial charge >= 0.3 is 0 Å². The Balaban J connectivity index is 1.78. The largest absolute Gasteiger partial charge is 0.631 e. The molecule has 122 valence electrons. The van der Waals surface area contributed by atoms with Gasteiger partial charge in [-0.05, 0) is 12.5 Å². The third-order valence-electron chi connectivity index (χ3n) is 5.27. The van der Waals surface area contributed by atoms with Crippen molar-refractivity contribution < 1.29 is 4.65 Å². The maximum atomic E-state index is 13.7. The maximum absolute atomic E-state index is 13.7. The molecular weight excluding hydrogens is 284 g/mol. The number of nitrogens with zero attached hydrogens (tertiary/aromatic N) is 2. The fraction of sp³-hybridized carbons (Fsp3) is 0.400. The Kier molecular flexibility index (Phi) is 4.53. The summed E-state index contributed by atoms with van der Waals surface area (Å²) in [5.41, 5.74) is 2.16. The molecule has 1 aliphatic heterocycles. The highest BCUT2D eigenvalue weighted by Gasteiger charge is 2.48. The first-order valence-corrected chi connectivity index (χ1v) is 8.43. The molecule has 0 aromatic heterocycles. The molecule has 23 heavy (non-hydrogen) atoms. The van der Waals surface area contributed by atoms with E-state index in [9.17, 15) is 5.21 Å². The Bertz CT molecular complexity index is 631. The Labute approximate surface area is 139 Å². The van der Waals surface area contributed by atoms with Crippen LogP contribution < -0.4 is 0 Å². The van der Waals surface area contributed by atoms with Crippen molar-refractivity contribution in [3.63, 3.8) is 0 Å². The lowest BCUT2D eigenvalue weighted by molar-refractivity contribution is -0.932. The van der Waals surface area contributed by atoms with E-state index in [4.69, 9.17) is 0 Å². The van der Waals surface area contributed by atoms with E-state index in [1.54, 1.807) is 0 Å². The van der Waals surface area contributed by atoms with Crippen molar-refractivity contribution in [3.05, 3.63) is 77.0 Å². The molecule has 0 radical (unpaired) electrons. The smallest absolute Gasteiger partial charge is 0.136 e. The van der Waals surface area contributed by atoms with Crippen molar-refractivity contribution in [3.8, 4) is 0 Å².